The average Bonchev–Trinajstić information content (AvgIpc) is 2.97. The zero-order valence-corrected chi connectivity index (χ0v) is 13.5. The molecule has 6 nitrogen and oxygen atoms in total. The minimum atomic E-state index is -3.17. The van der Waals surface area contributed by atoms with Crippen LogP contribution in [0.5, 0.6) is 0 Å². The number of piperidine rings is 1. The van der Waals surface area contributed by atoms with E-state index in [0.29, 0.717) is 24.9 Å². The van der Waals surface area contributed by atoms with E-state index in [0.717, 1.165) is 18.4 Å². The third kappa shape index (κ3) is 3.20. The Morgan fingerprint density at radius 3 is 2.64 bits per heavy atom. The maximum absolute atomic E-state index is 11.7. The van der Waals surface area contributed by atoms with Crippen LogP contribution in [0.1, 0.15) is 30.2 Å². The van der Waals surface area contributed by atoms with E-state index in [-0.39, 0.29) is 5.92 Å². The molecule has 0 radical (unpaired) electrons. The molecule has 1 aromatic carbocycles. The van der Waals surface area contributed by atoms with E-state index in [9.17, 15) is 8.42 Å². The van der Waals surface area contributed by atoms with Crippen molar-refractivity contribution in [2.45, 2.75) is 25.7 Å². The standard InChI is InChI=1S/C15H19N3O3S/c1-11-5-7-12(8-6-11)14-16-17-15(21-14)13-4-3-9-18(10-13)22(2,19)20/h5-8,13H,3-4,9-10H2,1-2H3. The van der Waals surface area contributed by atoms with E-state index in [1.807, 2.05) is 31.2 Å². The molecule has 0 bridgehead atoms. The van der Waals surface area contributed by atoms with Crippen molar-refractivity contribution in [1.82, 2.24) is 14.5 Å². The molecule has 1 unspecified atom stereocenters. The van der Waals surface area contributed by atoms with Crippen molar-refractivity contribution in [3.05, 3.63) is 35.7 Å². The summed E-state index contributed by atoms with van der Waals surface area (Å²) in [6, 6.07) is 7.86. The zero-order chi connectivity index (χ0) is 15.7. The van der Waals surface area contributed by atoms with Gasteiger partial charge in [-0.3, -0.25) is 0 Å². The van der Waals surface area contributed by atoms with Crippen molar-refractivity contribution in [1.29, 1.82) is 0 Å². The van der Waals surface area contributed by atoms with Crippen LogP contribution < -0.4 is 0 Å². The molecule has 7 heteroatoms. The summed E-state index contributed by atoms with van der Waals surface area (Å²) in [4.78, 5) is 0. The van der Waals surface area contributed by atoms with Crippen LogP contribution in [0.2, 0.25) is 0 Å². The molecule has 118 valence electrons. The number of aryl methyl sites for hydroxylation is 1. The van der Waals surface area contributed by atoms with Gasteiger partial charge >= 0.3 is 0 Å². The van der Waals surface area contributed by atoms with Gasteiger partial charge in [-0.1, -0.05) is 17.7 Å². The highest BCUT2D eigenvalue weighted by Crippen LogP contribution is 2.29. The Morgan fingerprint density at radius 2 is 1.95 bits per heavy atom. The molecule has 0 N–H and O–H groups in total. The first kappa shape index (κ1) is 15.2. The van der Waals surface area contributed by atoms with Crippen molar-refractivity contribution >= 4 is 10.0 Å². The monoisotopic (exact) mass is 321 g/mol. The van der Waals surface area contributed by atoms with Gasteiger partial charge in [0.15, 0.2) is 0 Å². The van der Waals surface area contributed by atoms with Crippen molar-refractivity contribution in [2.24, 2.45) is 0 Å². The lowest BCUT2D eigenvalue weighted by Gasteiger charge is -2.28. The van der Waals surface area contributed by atoms with E-state index >= 15 is 0 Å². The van der Waals surface area contributed by atoms with E-state index in [2.05, 4.69) is 10.2 Å². The number of sulfonamides is 1. The van der Waals surface area contributed by atoms with Gasteiger partial charge in [0, 0.05) is 18.7 Å². The van der Waals surface area contributed by atoms with Crippen LogP contribution in [0.4, 0.5) is 0 Å². The van der Waals surface area contributed by atoms with E-state index < -0.39 is 10.0 Å². The fourth-order valence-corrected chi connectivity index (χ4v) is 3.57. The van der Waals surface area contributed by atoms with Crippen LogP contribution in [0.25, 0.3) is 11.5 Å². The highest BCUT2D eigenvalue weighted by molar-refractivity contribution is 7.88. The number of benzene rings is 1. The normalized spacial score (nSPS) is 20.2. The van der Waals surface area contributed by atoms with Crippen LogP contribution in [-0.2, 0) is 10.0 Å². The van der Waals surface area contributed by atoms with Gasteiger partial charge in [0.05, 0.1) is 12.2 Å². The predicted molar refractivity (Wildman–Crippen MR) is 82.9 cm³/mol. The molecule has 1 saturated heterocycles. The van der Waals surface area contributed by atoms with Crippen molar-refractivity contribution in [3.8, 4) is 11.5 Å². The topological polar surface area (TPSA) is 76.3 Å². The van der Waals surface area contributed by atoms with Crippen molar-refractivity contribution in [2.75, 3.05) is 19.3 Å². The summed E-state index contributed by atoms with van der Waals surface area (Å²) in [5.41, 5.74) is 2.04. The Bertz CT molecular complexity index is 753. The summed E-state index contributed by atoms with van der Waals surface area (Å²) < 4.78 is 30.6. The molecule has 1 atom stereocenters. The molecule has 0 spiro atoms. The molecule has 1 aliphatic heterocycles. The highest BCUT2D eigenvalue weighted by atomic mass is 32.2. The third-order valence-corrected chi connectivity index (χ3v) is 5.21. The van der Waals surface area contributed by atoms with E-state index in [1.165, 1.54) is 16.1 Å². The number of hydrogen-bond acceptors (Lipinski definition) is 5. The Labute approximate surface area is 130 Å². The number of aromatic nitrogens is 2. The molecule has 0 saturated carbocycles. The molecule has 1 aliphatic rings. The zero-order valence-electron chi connectivity index (χ0n) is 12.7. The van der Waals surface area contributed by atoms with E-state index in [4.69, 9.17) is 4.42 Å². The lowest BCUT2D eigenvalue weighted by atomic mass is 10.00. The summed E-state index contributed by atoms with van der Waals surface area (Å²) in [5.74, 6) is 0.963. The predicted octanol–water partition coefficient (Wildman–Crippen LogP) is 2.18. The first-order valence-electron chi connectivity index (χ1n) is 7.29. The summed E-state index contributed by atoms with van der Waals surface area (Å²) in [6.07, 6.45) is 2.91. The summed E-state index contributed by atoms with van der Waals surface area (Å²) in [6.45, 7) is 2.99. The second kappa shape index (κ2) is 5.81. The lowest BCUT2D eigenvalue weighted by molar-refractivity contribution is 0.287. The first-order chi connectivity index (χ1) is 10.4. The quantitative estimate of drug-likeness (QED) is 0.866. The summed E-state index contributed by atoms with van der Waals surface area (Å²) in [7, 11) is -3.17. The number of hydrogen-bond donors (Lipinski definition) is 0. The molecular formula is C15H19N3O3S. The van der Waals surface area contributed by atoms with Crippen molar-refractivity contribution < 1.29 is 12.8 Å². The molecule has 2 heterocycles. The summed E-state index contributed by atoms with van der Waals surface area (Å²) >= 11 is 0. The minimum absolute atomic E-state index is 0.0322. The SMILES string of the molecule is Cc1ccc(-c2nnc(C3CCCN(S(C)(=O)=O)C3)o2)cc1. The molecule has 3 rings (SSSR count). The molecule has 1 fully saturated rings. The second-order valence-electron chi connectivity index (χ2n) is 5.77. The molecule has 1 aromatic heterocycles. The van der Waals surface area contributed by atoms with Gasteiger partial charge in [-0.05, 0) is 31.9 Å². The smallest absolute Gasteiger partial charge is 0.247 e. The van der Waals surface area contributed by atoms with Gasteiger partial charge in [0.2, 0.25) is 21.8 Å². The maximum Gasteiger partial charge on any atom is 0.247 e. The van der Waals surface area contributed by atoms with Gasteiger partial charge in [0.1, 0.15) is 0 Å². The Morgan fingerprint density at radius 1 is 1.23 bits per heavy atom. The van der Waals surface area contributed by atoms with Crippen LogP contribution in [0.3, 0.4) is 0 Å². The summed E-state index contributed by atoms with van der Waals surface area (Å²) in [5, 5.41) is 8.21. The molecule has 22 heavy (non-hydrogen) atoms. The number of rotatable bonds is 3. The van der Waals surface area contributed by atoms with Gasteiger partial charge in [-0.2, -0.15) is 0 Å². The van der Waals surface area contributed by atoms with Gasteiger partial charge < -0.3 is 4.42 Å². The molecule has 0 amide bonds. The molecule has 2 aromatic rings. The highest BCUT2D eigenvalue weighted by Gasteiger charge is 2.30. The Balaban J connectivity index is 1.80. The lowest BCUT2D eigenvalue weighted by Crippen LogP contribution is -2.38. The molecular weight excluding hydrogens is 302 g/mol. The largest absolute Gasteiger partial charge is 0.420 e. The second-order valence-corrected chi connectivity index (χ2v) is 7.75. The number of nitrogens with zero attached hydrogens (tertiary/aromatic N) is 3. The maximum atomic E-state index is 11.7. The van der Waals surface area contributed by atoms with Crippen LogP contribution in [0, 0.1) is 6.92 Å². The molecule has 0 aliphatic carbocycles. The fraction of sp³-hybridized carbons (Fsp3) is 0.467. The average molecular weight is 321 g/mol. The van der Waals surface area contributed by atoms with Crippen LogP contribution in [0.15, 0.2) is 28.7 Å². The Hall–Kier alpha value is -1.73. The van der Waals surface area contributed by atoms with Crippen LogP contribution in [-0.4, -0.2) is 42.3 Å². The van der Waals surface area contributed by atoms with Gasteiger partial charge in [-0.15, -0.1) is 10.2 Å². The minimum Gasteiger partial charge on any atom is -0.420 e. The fourth-order valence-electron chi connectivity index (χ4n) is 2.66. The Kier molecular flexibility index (Phi) is 4.01. The third-order valence-electron chi connectivity index (χ3n) is 3.94. The first-order valence-corrected chi connectivity index (χ1v) is 9.14. The van der Waals surface area contributed by atoms with Crippen LogP contribution >= 0.6 is 0 Å². The van der Waals surface area contributed by atoms with Gasteiger partial charge in [-0.25, -0.2) is 12.7 Å². The van der Waals surface area contributed by atoms with E-state index in [1.54, 1.807) is 0 Å². The van der Waals surface area contributed by atoms with Gasteiger partial charge in [0.25, 0.3) is 0 Å². The van der Waals surface area contributed by atoms with Crippen molar-refractivity contribution in [3.63, 3.8) is 0 Å².